The van der Waals surface area contributed by atoms with Gasteiger partial charge >= 0.3 is 0 Å². The van der Waals surface area contributed by atoms with Crippen LogP contribution in [-0.4, -0.2) is 4.98 Å². The Labute approximate surface area is 106 Å². The van der Waals surface area contributed by atoms with Crippen molar-refractivity contribution < 1.29 is 0 Å². The number of nitrogens with zero attached hydrogens (tertiary/aromatic N) is 1. The first kappa shape index (κ1) is 12.1. The SMILES string of the molecule is CCC(N)(c1ccncc1)c1ccc(Cl)cc1. The van der Waals surface area contributed by atoms with Gasteiger partial charge in [0.2, 0.25) is 0 Å². The van der Waals surface area contributed by atoms with Crippen LogP contribution >= 0.6 is 11.6 Å². The number of rotatable bonds is 3. The zero-order valence-corrected chi connectivity index (χ0v) is 10.5. The monoisotopic (exact) mass is 246 g/mol. The third kappa shape index (κ3) is 2.33. The molecule has 3 heteroatoms. The molecule has 1 aromatic heterocycles. The first-order chi connectivity index (χ1) is 8.16. The molecule has 17 heavy (non-hydrogen) atoms. The number of pyridine rings is 1. The molecule has 0 aliphatic rings. The summed E-state index contributed by atoms with van der Waals surface area (Å²) in [6.45, 7) is 2.08. The van der Waals surface area contributed by atoms with Gasteiger partial charge in [-0.2, -0.15) is 0 Å². The minimum Gasteiger partial charge on any atom is -0.318 e. The van der Waals surface area contributed by atoms with Gasteiger partial charge in [0.15, 0.2) is 0 Å². The van der Waals surface area contributed by atoms with Gasteiger partial charge in [0.05, 0.1) is 5.54 Å². The van der Waals surface area contributed by atoms with E-state index in [0.29, 0.717) is 0 Å². The molecule has 0 saturated heterocycles. The summed E-state index contributed by atoms with van der Waals surface area (Å²) in [5, 5.41) is 0.724. The lowest BCUT2D eigenvalue weighted by Crippen LogP contribution is -2.37. The third-order valence-electron chi connectivity index (χ3n) is 3.11. The van der Waals surface area contributed by atoms with Crippen molar-refractivity contribution in [3.05, 3.63) is 64.9 Å². The van der Waals surface area contributed by atoms with Gasteiger partial charge in [0.25, 0.3) is 0 Å². The fraction of sp³-hybridized carbons (Fsp3) is 0.214. The van der Waals surface area contributed by atoms with E-state index in [1.807, 2.05) is 36.4 Å². The Balaban J connectivity index is 2.48. The molecular formula is C14H15ClN2. The second-order valence-electron chi connectivity index (χ2n) is 4.07. The second kappa shape index (κ2) is 4.86. The van der Waals surface area contributed by atoms with Crippen LogP contribution in [0.2, 0.25) is 5.02 Å². The number of nitrogens with two attached hydrogens (primary N) is 1. The first-order valence-electron chi connectivity index (χ1n) is 5.62. The predicted molar refractivity (Wildman–Crippen MR) is 70.9 cm³/mol. The van der Waals surface area contributed by atoms with Gasteiger partial charge in [-0.1, -0.05) is 30.7 Å². The minimum absolute atomic E-state index is 0.479. The van der Waals surface area contributed by atoms with Crippen molar-refractivity contribution in [2.75, 3.05) is 0 Å². The molecule has 1 unspecified atom stereocenters. The Hall–Kier alpha value is -1.38. The van der Waals surface area contributed by atoms with Crippen molar-refractivity contribution in [3.8, 4) is 0 Å². The van der Waals surface area contributed by atoms with Crippen molar-refractivity contribution in [1.29, 1.82) is 0 Å². The lowest BCUT2D eigenvalue weighted by Gasteiger charge is -2.29. The molecule has 0 amide bonds. The Morgan fingerprint density at radius 3 is 2.12 bits per heavy atom. The maximum absolute atomic E-state index is 6.52. The molecule has 0 spiro atoms. The summed E-state index contributed by atoms with van der Waals surface area (Å²) >= 11 is 5.90. The highest BCUT2D eigenvalue weighted by Gasteiger charge is 2.27. The standard InChI is InChI=1S/C14H15ClN2/c1-2-14(16,12-7-9-17-10-8-12)11-3-5-13(15)6-4-11/h3-10H,2,16H2,1H3. The average molecular weight is 247 g/mol. The molecule has 0 radical (unpaired) electrons. The summed E-state index contributed by atoms with van der Waals surface area (Å²) in [5.41, 5.74) is 8.17. The molecule has 0 aliphatic heterocycles. The van der Waals surface area contributed by atoms with E-state index in [9.17, 15) is 0 Å². The Morgan fingerprint density at radius 1 is 1.06 bits per heavy atom. The Bertz CT molecular complexity index is 481. The molecule has 88 valence electrons. The van der Waals surface area contributed by atoms with Crippen molar-refractivity contribution >= 4 is 11.6 Å². The minimum atomic E-state index is -0.479. The first-order valence-corrected chi connectivity index (χ1v) is 6.00. The van der Waals surface area contributed by atoms with Gasteiger partial charge in [-0.05, 0) is 41.8 Å². The summed E-state index contributed by atoms with van der Waals surface area (Å²) in [6.07, 6.45) is 4.35. The van der Waals surface area contributed by atoms with Gasteiger partial charge in [-0.25, -0.2) is 0 Å². The molecule has 2 nitrogen and oxygen atoms in total. The molecule has 0 saturated carbocycles. The van der Waals surface area contributed by atoms with E-state index >= 15 is 0 Å². The van der Waals surface area contributed by atoms with Gasteiger partial charge in [-0.3, -0.25) is 4.98 Å². The summed E-state index contributed by atoms with van der Waals surface area (Å²) in [6, 6.07) is 11.6. The number of halogens is 1. The van der Waals surface area contributed by atoms with Crippen LogP contribution in [0, 0.1) is 0 Å². The van der Waals surface area contributed by atoms with Crippen LogP contribution < -0.4 is 5.73 Å². The van der Waals surface area contributed by atoms with Crippen LogP contribution in [0.15, 0.2) is 48.8 Å². The van der Waals surface area contributed by atoms with Crippen LogP contribution in [-0.2, 0) is 5.54 Å². The lowest BCUT2D eigenvalue weighted by molar-refractivity contribution is 0.518. The number of hydrogen-bond acceptors (Lipinski definition) is 2. The van der Waals surface area contributed by atoms with Crippen LogP contribution in [0.4, 0.5) is 0 Å². The average Bonchev–Trinajstić information content (AvgIpc) is 2.40. The maximum Gasteiger partial charge on any atom is 0.0664 e. The molecule has 0 bridgehead atoms. The largest absolute Gasteiger partial charge is 0.318 e. The molecular weight excluding hydrogens is 232 g/mol. The molecule has 2 N–H and O–H groups in total. The highest BCUT2D eigenvalue weighted by Crippen LogP contribution is 2.30. The topological polar surface area (TPSA) is 38.9 Å². The van der Waals surface area contributed by atoms with Crippen molar-refractivity contribution in [2.45, 2.75) is 18.9 Å². The molecule has 2 aromatic rings. The van der Waals surface area contributed by atoms with Gasteiger partial charge in [0, 0.05) is 17.4 Å². The second-order valence-corrected chi connectivity index (χ2v) is 4.50. The Morgan fingerprint density at radius 2 is 1.59 bits per heavy atom. The van der Waals surface area contributed by atoms with Gasteiger partial charge < -0.3 is 5.73 Å². The zero-order chi connectivity index (χ0) is 12.3. The van der Waals surface area contributed by atoms with E-state index in [2.05, 4.69) is 11.9 Å². The van der Waals surface area contributed by atoms with E-state index in [-0.39, 0.29) is 0 Å². The van der Waals surface area contributed by atoms with Gasteiger partial charge in [-0.15, -0.1) is 0 Å². The summed E-state index contributed by atoms with van der Waals surface area (Å²) in [7, 11) is 0. The number of hydrogen-bond donors (Lipinski definition) is 1. The highest BCUT2D eigenvalue weighted by atomic mass is 35.5. The fourth-order valence-electron chi connectivity index (χ4n) is 1.97. The zero-order valence-electron chi connectivity index (χ0n) is 9.73. The highest BCUT2D eigenvalue weighted by molar-refractivity contribution is 6.30. The van der Waals surface area contributed by atoms with Crippen molar-refractivity contribution in [1.82, 2.24) is 4.98 Å². The van der Waals surface area contributed by atoms with Crippen LogP contribution in [0.5, 0.6) is 0 Å². The molecule has 1 aromatic carbocycles. The summed E-state index contributed by atoms with van der Waals surface area (Å²) < 4.78 is 0. The summed E-state index contributed by atoms with van der Waals surface area (Å²) in [5.74, 6) is 0. The summed E-state index contributed by atoms with van der Waals surface area (Å²) in [4.78, 5) is 4.02. The molecule has 2 rings (SSSR count). The third-order valence-corrected chi connectivity index (χ3v) is 3.36. The number of aromatic nitrogens is 1. The van der Waals surface area contributed by atoms with E-state index in [0.717, 1.165) is 22.6 Å². The Kier molecular flexibility index (Phi) is 3.46. The van der Waals surface area contributed by atoms with E-state index in [1.54, 1.807) is 12.4 Å². The maximum atomic E-state index is 6.52. The van der Waals surface area contributed by atoms with Crippen LogP contribution in [0.1, 0.15) is 24.5 Å². The number of benzene rings is 1. The smallest absolute Gasteiger partial charge is 0.0664 e. The molecule has 1 heterocycles. The van der Waals surface area contributed by atoms with Gasteiger partial charge in [0.1, 0.15) is 0 Å². The molecule has 0 fully saturated rings. The normalized spacial score (nSPS) is 14.3. The fourth-order valence-corrected chi connectivity index (χ4v) is 2.10. The molecule has 0 aliphatic carbocycles. The van der Waals surface area contributed by atoms with Crippen molar-refractivity contribution in [3.63, 3.8) is 0 Å². The van der Waals surface area contributed by atoms with E-state index in [4.69, 9.17) is 17.3 Å². The van der Waals surface area contributed by atoms with Crippen molar-refractivity contribution in [2.24, 2.45) is 5.73 Å². The predicted octanol–water partition coefficient (Wildman–Crippen LogP) is 3.35. The molecule has 1 atom stereocenters. The van der Waals surface area contributed by atoms with Crippen LogP contribution in [0.3, 0.4) is 0 Å². The van der Waals surface area contributed by atoms with Crippen LogP contribution in [0.25, 0.3) is 0 Å². The van der Waals surface area contributed by atoms with E-state index in [1.165, 1.54) is 0 Å². The lowest BCUT2D eigenvalue weighted by atomic mass is 9.82. The quantitative estimate of drug-likeness (QED) is 0.902. The van der Waals surface area contributed by atoms with E-state index < -0.39 is 5.54 Å².